The predicted molar refractivity (Wildman–Crippen MR) is 98.3 cm³/mol. The zero-order valence-corrected chi connectivity index (χ0v) is 15.5. The molecule has 0 fully saturated rings. The maximum absolute atomic E-state index is 5.79. The van der Waals surface area contributed by atoms with Crippen LogP contribution in [0.4, 0.5) is 5.69 Å². The van der Waals surface area contributed by atoms with Crippen molar-refractivity contribution < 1.29 is 18.9 Å². The molecule has 0 saturated heterocycles. The first-order valence-electron chi connectivity index (χ1n) is 7.64. The standard InChI is InChI=1S/C17H18BrNO4S/c18-13-9-15(24-12-13)11-19-14-1-2-16-17(10-14)23-8-6-21-4-3-20-5-7-22-16/h1-2,9-12H,3-8H2. The molecule has 2 aromatic rings. The minimum Gasteiger partial charge on any atom is -0.487 e. The quantitative estimate of drug-likeness (QED) is 0.698. The highest BCUT2D eigenvalue weighted by Gasteiger charge is 2.08. The SMILES string of the molecule is Brc1csc(C=Nc2ccc3c(c2)OCCOCCOCCO3)c1. The number of ether oxygens (including phenoxy) is 4. The van der Waals surface area contributed by atoms with Gasteiger partial charge < -0.3 is 18.9 Å². The summed E-state index contributed by atoms with van der Waals surface area (Å²) in [6.07, 6.45) is 1.84. The third-order valence-corrected chi connectivity index (χ3v) is 4.83. The second kappa shape index (κ2) is 9.17. The van der Waals surface area contributed by atoms with Crippen molar-refractivity contribution in [1.82, 2.24) is 0 Å². The minimum absolute atomic E-state index is 0.460. The van der Waals surface area contributed by atoms with E-state index in [1.54, 1.807) is 11.3 Å². The van der Waals surface area contributed by atoms with Gasteiger partial charge in [0.1, 0.15) is 13.2 Å². The lowest BCUT2D eigenvalue weighted by Crippen LogP contribution is -2.15. The van der Waals surface area contributed by atoms with E-state index in [4.69, 9.17) is 18.9 Å². The van der Waals surface area contributed by atoms with Crippen LogP contribution in [-0.2, 0) is 9.47 Å². The molecule has 2 heterocycles. The Hall–Kier alpha value is -1.41. The Labute approximate surface area is 153 Å². The number of thiophene rings is 1. The van der Waals surface area contributed by atoms with Crippen molar-refractivity contribution in [2.24, 2.45) is 4.99 Å². The van der Waals surface area contributed by atoms with Crippen LogP contribution in [0.25, 0.3) is 0 Å². The van der Waals surface area contributed by atoms with Gasteiger partial charge in [0.25, 0.3) is 0 Å². The Kier molecular flexibility index (Phi) is 6.66. The second-order valence-corrected chi connectivity index (χ2v) is 6.84. The van der Waals surface area contributed by atoms with E-state index in [2.05, 4.69) is 20.9 Å². The van der Waals surface area contributed by atoms with Crippen LogP contribution < -0.4 is 9.47 Å². The summed E-state index contributed by atoms with van der Waals surface area (Å²) < 4.78 is 23.4. The number of fused-ring (bicyclic) bond motifs is 1. The lowest BCUT2D eigenvalue weighted by Gasteiger charge is -2.15. The smallest absolute Gasteiger partial charge is 0.163 e. The van der Waals surface area contributed by atoms with E-state index in [0.29, 0.717) is 51.1 Å². The zero-order valence-electron chi connectivity index (χ0n) is 13.1. The highest BCUT2D eigenvalue weighted by Crippen LogP contribution is 2.32. The third kappa shape index (κ3) is 5.31. The average molecular weight is 412 g/mol. The van der Waals surface area contributed by atoms with Crippen molar-refractivity contribution in [2.75, 3.05) is 39.6 Å². The second-order valence-electron chi connectivity index (χ2n) is 4.98. The predicted octanol–water partition coefficient (Wildman–Crippen LogP) is 4.07. The Balaban J connectivity index is 1.73. The fraction of sp³-hybridized carbons (Fsp3) is 0.353. The fourth-order valence-corrected chi connectivity index (χ4v) is 3.39. The first-order valence-corrected chi connectivity index (χ1v) is 9.32. The van der Waals surface area contributed by atoms with E-state index < -0.39 is 0 Å². The Morgan fingerprint density at radius 1 is 0.917 bits per heavy atom. The molecule has 1 aliphatic rings. The van der Waals surface area contributed by atoms with E-state index in [1.165, 1.54) is 0 Å². The molecule has 1 aliphatic heterocycles. The van der Waals surface area contributed by atoms with Gasteiger partial charge >= 0.3 is 0 Å². The maximum atomic E-state index is 5.79. The van der Waals surface area contributed by atoms with Gasteiger partial charge in [0.15, 0.2) is 11.5 Å². The average Bonchev–Trinajstić information content (AvgIpc) is 2.99. The number of nitrogens with zero attached hydrogens (tertiary/aromatic N) is 1. The van der Waals surface area contributed by atoms with Crippen molar-refractivity contribution in [3.63, 3.8) is 0 Å². The third-order valence-electron chi connectivity index (χ3n) is 3.20. The van der Waals surface area contributed by atoms with Gasteiger partial charge in [-0.15, -0.1) is 11.3 Å². The lowest BCUT2D eigenvalue weighted by atomic mass is 10.3. The molecule has 0 bridgehead atoms. The summed E-state index contributed by atoms with van der Waals surface area (Å²) >= 11 is 5.07. The van der Waals surface area contributed by atoms with Crippen LogP contribution in [0.15, 0.2) is 39.1 Å². The molecule has 0 radical (unpaired) electrons. The molecule has 24 heavy (non-hydrogen) atoms. The zero-order chi connectivity index (χ0) is 16.6. The summed E-state index contributed by atoms with van der Waals surface area (Å²) in [6.45, 7) is 3.11. The molecule has 0 amide bonds. The number of hydrogen-bond donors (Lipinski definition) is 0. The molecule has 1 aromatic heterocycles. The minimum atomic E-state index is 0.460. The van der Waals surface area contributed by atoms with E-state index in [-0.39, 0.29) is 0 Å². The number of aliphatic imine (C=N–C) groups is 1. The summed E-state index contributed by atoms with van der Waals surface area (Å²) in [5.74, 6) is 1.36. The molecule has 3 rings (SSSR count). The normalized spacial score (nSPS) is 16.5. The number of benzene rings is 1. The lowest BCUT2D eigenvalue weighted by molar-refractivity contribution is 0.0223. The molecule has 0 N–H and O–H groups in total. The molecular weight excluding hydrogens is 394 g/mol. The van der Waals surface area contributed by atoms with Crippen LogP contribution in [0.2, 0.25) is 0 Å². The van der Waals surface area contributed by atoms with Gasteiger partial charge in [-0.25, -0.2) is 0 Å². The van der Waals surface area contributed by atoms with Gasteiger partial charge in [0, 0.05) is 27.0 Å². The molecule has 0 saturated carbocycles. The van der Waals surface area contributed by atoms with Crippen molar-refractivity contribution in [1.29, 1.82) is 0 Å². The van der Waals surface area contributed by atoms with Crippen molar-refractivity contribution in [3.8, 4) is 11.5 Å². The van der Waals surface area contributed by atoms with E-state index in [9.17, 15) is 0 Å². The van der Waals surface area contributed by atoms with Gasteiger partial charge in [-0.3, -0.25) is 4.99 Å². The summed E-state index contributed by atoms with van der Waals surface area (Å²) in [5, 5.41) is 2.03. The van der Waals surface area contributed by atoms with Gasteiger partial charge in [-0.2, -0.15) is 0 Å². The summed E-state index contributed by atoms with van der Waals surface area (Å²) in [5.41, 5.74) is 0.811. The largest absolute Gasteiger partial charge is 0.487 e. The van der Waals surface area contributed by atoms with Gasteiger partial charge in [-0.05, 0) is 34.1 Å². The van der Waals surface area contributed by atoms with Crippen LogP contribution in [0.5, 0.6) is 11.5 Å². The van der Waals surface area contributed by atoms with Crippen LogP contribution >= 0.6 is 27.3 Å². The molecule has 7 heteroatoms. The van der Waals surface area contributed by atoms with Gasteiger partial charge in [0.05, 0.1) is 32.1 Å². The van der Waals surface area contributed by atoms with Crippen LogP contribution in [0.1, 0.15) is 4.88 Å². The van der Waals surface area contributed by atoms with E-state index >= 15 is 0 Å². The first-order chi connectivity index (χ1) is 11.8. The molecule has 0 spiro atoms. The van der Waals surface area contributed by atoms with Crippen molar-refractivity contribution in [2.45, 2.75) is 0 Å². The Bertz CT molecular complexity index is 689. The molecule has 0 aliphatic carbocycles. The molecular formula is C17H18BrNO4S. The first kappa shape index (κ1) is 17.4. The number of rotatable bonds is 2. The Morgan fingerprint density at radius 3 is 2.33 bits per heavy atom. The maximum Gasteiger partial charge on any atom is 0.163 e. The van der Waals surface area contributed by atoms with Crippen LogP contribution in [0.3, 0.4) is 0 Å². The summed E-state index contributed by atoms with van der Waals surface area (Å²) in [7, 11) is 0. The molecule has 5 nitrogen and oxygen atoms in total. The topological polar surface area (TPSA) is 49.3 Å². The molecule has 0 unspecified atom stereocenters. The van der Waals surface area contributed by atoms with Gasteiger partial charge in [0.2, 0.25) is 0 Å². The number of hydrogen-bond acceptors (Lipinski definition) is 6. The van der Waals surface area contributed by atoms with Crippen molar-refractivity contribution in [3.05, 3.63) is 39.0 Å². The van der Waals surface area contributed by atoms with Gasteiger partial charge in [-0.1, -0.05) is 0 Å². The van der Waals surface area contributed by atoms with Crippen LogP contribution in [0, 0.1) is 0 Å². The van der Waals surface area contributed by atoms with Crippen molar-refractivity contribution >= 4 is 39.2 Å². The highest BCUT2D eigenvalue weighted by atomic mass is 79.9. The van der Waals surface area contributed by atoms with E-state index in [1.807, 2.05) is 35.9 Å². The molecule has 1 aromatic carbocycles. The Morgan fingerprint density at radius 2 is 1.62 bits per heavy atom. The highest BCUT2D eigenvalue weighted by molar-refractivity contribution is 9.10. The van der Waals surface area contributed by atoms with Crippen LogP contribution in [-0.4, -0.2) is 45.9 Å². The number of halogens is 1. The summed E-state index contributed by atoms with van der Waals surface area (Å²) in [6, 6.07) is 7.68. The molecule has 128 valence electrons. The van der Waals surface area contributed by atoms with E-state index in [0.717, 1.165) is 15.0 Å². The fourth-order valence-electron chi connectivity index (χ4n) is 2.09. The summed E-state index contributed by atoms with van der Waals surface area (Å²) in [4.78, 5) is 5.58. The molecule has 0 atom stereocenters. The monoisotopic (exact) mass is 411 g/mol.